The maximum Gasteiger partial charge on any atom is 0.322 e. The van der Waals surface area contributed by atoms with Crippen molar-refractivity contribution in [3.05, 3.63) is 11.8 Å². The molecular weight excluding hydrogens is 154 g/mol. The van der Waals surface area contributed by atoms with Crippen LogP contribution in [0.25, 0.3) is 0 Å². The Labute approximate surface area is 71.8 Å². The molecule has 1 heterocycles. The molecule has 1 aliphatic carbocycles. The molecule has 0 amide bonds. The van der Waals surface area contributed by atoms with Crippen molar-refractivity contribution < 1.29 is 9.53 Å². The first-order valence-electron chi connectivity index (χ1n) is 4.44. The molecule has 66 valence electrons. The minimum absolute atomic E-state index is 0.0767. The first-order valence-corrected chi connectivity index (χ1v) is 4.44. The molecule has 2 aliphatic rings. The first-order chi connectivity index (χ1) is 5.79. The Bertz CT molecular complexity index is 247. The minimum atomic E-state index is -0.325. The molecule has 12 heavy (non-hydrogen) atoms. The largest absolute Gasteiger partial charge is 0.465 e. The lowest BCUT2D eigenvalue weighted by atomic mass is 9.94. The maximum atomic E-state index is 11.4. The van der Waals surface area contributed by atoms with Crippen LogP contribution >= 0.6 is 0 Å². The quantitative estimate of drug-likeness (QED) is 0.619. The summed E-state index contributed by atoms with van der Waals surface area (Å²) >= 11 is 0. The number of carbonyl (C=O) groups is 1. The second kappa shape index (κ2) is 2.51. The van der Waals surface area contributed by atoms with Gasteiger partial charge in [0, 0.05) is 12.2 Å². The van der Waals surface area contributed by atoms with E-state index in [1.165, 1.54) is 0 Å². The lowest BCUT2D eigenvalue weighted by molar-refractivity contribution is -0.149. The van der Waals surface area contributed by atoms with E-state index >= 15 is 0 Å². The number of carbonyl (C=O) groups excluding carboxylic acids is 1. The summed E-state index contributed by atoms with van der Waals surface area (Å²) in [6.45, 7) is 3.31. The predicted octanol–water partition coefficient (Wildman–Crippen LogP) is 0.817. The van der Waals surface area contributed by atoms with Crippen LogP contribution in [0.2, 0.25) is 0 Å². The van der Waals surface area contributed by atoms with Gasteiger partial charge in [-0.2, -0.15) is 0 Å². The Morgan fingerprint density at radius 1 is 1.83 bits per heavy atom. The van der Waals surface area contributed by atoms with E-state index in [4.69, 9.17) is 4.74 Å². The van der Waals surface area contributed by atoms with E-state index in [1.54, 1.807) is 0 Å². The molecular formula is C9H13NO2. The van der Waals surface area contributed by atoms with Crippen molar-refractivity contribution in [2.75, 3.05) is 13.2 Å². The average Bonchev–Trinajstić information content (AvgIpc) is 2.79. The molecule has 1 N–H and O–H groups in total. The molecule has 0 aromatic rings. The molecule has 1 unspecified atom stereocenters. The topological polar surface area (TPSA) is 38.3 Å². The van der Waals surface area contributed by atoms with E-state index in [1.807, 2.05) is 13.0 Å². The minimum Gasteiger partial charge on any atom is -0.465 e. The zero-order chi connectivity index (χ0) is 8.60. The van der Waals surface area contributed by atoms with Crippen molar-refractivity contribution in [1.82, 2.24) is 5.32 Å². The molecule has 1 atom stereocenters. The smallest absolute Gasteiger partial charge is 0.322 e. The molecule has 0 aromatic heterocycles. The van der Waals surface area contributed by atoms with Gasteiger partial charge in [-0.1, -0.05) is 0 Å². The third-order valence-corrected chi connectivity index (χ3v) is 2.49. The summed E-state index contributed by atoms with van der Waals surface area (Å²) in [7, 11) is 0. The molecule has 2 rings (SSSR count). The van der Waals surface area contributed by atoms with Gasteiger partial charge in [0.05, 0.1) is 6.61 Å². The lowest BCUT2D eigenvalue weighted by Crippen LogP contribution is -2.31. The van der Waals surface area contributed by atoms with Gasteiger partial charge < -0.3 is 10.1 Å². The SMILES string of the molecule is CCOC(=O)C12C=C1NCCC2. The number of piperidine rings is 1. The highest BCUT2D eigenvalue weighted by Gasteiger charge is 2.53. The molecule has 1 aliphatic heterocycles. The van der Waals surface area contributed by atoms with Gasteiger partial charge in [0.2, 0.25) is 0 Å². The highest BCUT2D eigenvalue weighted by Crippen LogP contribution is 2.49. The second-order valence-corrected chi connectivity index (χ2v) is 3.28. The fourth-order valence-electron chi connectivity index (χ4n) is 1.75. The summed E-state index contributed by atoms with van der Waals surface area (Å²) in [5.41, 5.74) is 0.751. The highest BCUT2D eigenvalue weighted by atomic mass is 16.5. The Morgan fingerprint density at radius 2 is 2.67 bits per heavy atom. The van der Waals surface area contributed by atoms with Crippen LogP contribution < -0.4 is 5.32 Å². The molecule has 0 radical (unpaired) electrons. The Morgan fingerprint density at radius 3 is 3.33 bits per heavy atom. The van der Waals surface area contributed by atoms with Gasteiger partial charge in [0.15, 0.2) is 0 Å². The van der Waals surface area contributed by atoms with E-state index in [0.29, 0.717) is 6.61 Å². The standard InChI is InChI=1S/C9H13NO2/c1-2-12-8(11)9-4-3-5-10-7(9)6-9/h6,10H,2-5H2,1H3. The number of esters is 1. The zero-order valence-electron chi connectivity index (χ0n) is 7.22. The predicted molar refractivity (Wildman–Crippen MR) is 44.4 cm³/mol. The molecule has 3 heteroatoms. The summed E-state index contributed by atoms with van der Waals surface area (Å²) in [6.07, 6.45) is 3.96. The van der Waals surface area contributed by atoms with Crippen molar-refractivity contribution in [3.8, 4) is 0 Å². The third-order valence-electron chi connectivity index (χ3n) is 2.49. The number of hydrogen-bond acceptors (Lipinski definition) is 3. The van der Waals surface area contributed by atoms with Gasteiger partial charge in [-0.25, -0.2) is 0 Å². The molecule has 1 fully saturated rings. The van der Waals surface area contributed by atoms with Crippen molar-refractivity contribution >= 4 is 5.97 Å². The van der Waals surface area contributed by atoms with Crippen molar-refractivity contribution in [1.29, 1.82) is 0 Å². The Balaban J connectivity index is 2.00. The van der Waals surface area contributed by atoms with Crippen molar-refractivity contribution in [3.63, 3.8) is 0 Å². The average molecular weight is 167 g/mol. The molecule has 0 aromatic carbocycles. The summed E-state index contributed by atoms with van der Waals surface area (Å²) < 4.78 is 5.00. The van der Waals surface area contributed by atoms with E-state index in [2.05, 4.69) is 5.32 Å². The van der Waals surface area contributed by atoms with Crippen molar-refractivity contribution in [2.45, 2.75) is 19.8 Å². The van der Waals surface area contributed by atoms with Gasteiger partial charge in [0.25, 0.3) is 0 Å². The maximum absolute atomic E-state index is 11.4. The van der Waals surface area contributed by atoms with Crippen LogP contribution in [0.3, 0.4) is 0 Å². The number of hydrogen-bond donors (Lipinski definition) is 1. The van der Waals surface area contributed by atoms with Gasteiger partial charge in [-0.05, 0) is 25.8 Å². The van der Waals surface area contributed by atoms with Crippen LogP contribution in [0.15, 0.2) is 11.8 Å². The van der Waals surface area contributed by atoms with Crippen LogP contribution in [0.1, 0.15) is 19.8 Å². The van der Waals surface area contributed by atoms with Crippen molar-refractivity contribution in [2.24, 2.45) is 5.41 Å². The fourth-order valence-corrected chi connectivity index (χ4v) is 1.75. The summed E-state index contributed by atoms with van der Waals surface area (Å²) in [4.78, 5) is 11.4. The van der Waals surface area contributed by atoms with Gasteiger partial charge in [-0.15, -0.1) is 0 Å². The number of rotatable bonds is 2. The first kappa shape index (κ1) is 7.65. The zero-order valence-corrected chi connectivity index (χ0v) is 7.22. The summed E-state index contributed by atoms with van der Waals surface area (Å²) in [6, 6.07) is 0. The molecule has 0 saturated carbocycles. The van der Waals surface area contributed by atoms with Gasteiger partial charge in [0.1, 0.15) is 5.41 Å². The highest BCUT2D eigenvalue weighted by molar-refractivity contribution is 5.88. The fraction of sp³-hybridized carbons (Fsp3) is 0.667. The third kappa shape index (κ3) is 0.924. The van der Waals surface area contributed by atoms with E-state index < -0.39 is 0 Å². The Hall–Kier alpha value is -0.990. The van der Waals surface area contributed by atoms with Crippen LogP contribution in [0.5, 0.6) is 0 Å². The lowest BCUT2D eigenvalue weighted by Gasteiger charge is -2.21. The van der Waals surface area contributed by atoms with Crippen LogP contribution in [-0.2, 0) is 9.53 Å². The monoisotopic (exact) mass is 167 g/mol. The molecule has 0 spiro atoms. The van der Waals surface area contributed by atoms with Gasteiger partial charge >= 0.3 is 5.97 Å². The van der Waals surface area contributed by atoms with E-state index in [9.17, 15) is 4.79 Å². The summed E-state index contributed by atoms with van der Waals surface area (Å²) in [5.74, 6) is -0.0767. The van der Waals surface area contributed by atoms with Crippen LogP contribution in [-0.4, -0.2) is 19.1 Å². The van der Waals surface area contributed by atoms with E-state index in [-0.39, 0.29) is 11.4 Å². The number of fused-ring (bicyclic) bond motifs is 1. The van der Waals surface area contributed by atoms with E-state index in [0.717, 1.165) is 25.1 Å². The summed E-state index contributed by atoms with van der Waals surface area (Å²) in [5, 5.41) is 3.20. The molecule has 0 bridgehead atoms. The second-order valence-electron chi connectivity index (χ2n) is 3.28. The normalized spacial score (nSPS) is 31.2. The molecule has 3 nitrogen and oxygen atoms in total. The van der Waals surface area contributed by atoms with Crippen LogP contribution in [0, 0.1) is 5.41 Å². The Kier molecular flexibility index (Phi) is 1.60. The number of nitrogens with one attached hydrogen (secondary N) is 1. The van der Waals surface area contributed by atoms with Crippen LogP contribution in [0.4, 0.5) is 0 Å². The number of ether oxygens (including phenoxy) is 1. The van der Waals surface area contributed by atoms with Gasteiger partial charge in [-0.3, -0.25) is 4.79 Å². The molecule has 1 saturated heterocycles.